The van der Waals surface area contributed by atoms with Crippen LogP contribution in [-0.2, 0) is 4.74 Å². The molecule has 90 valence electrons. The van der Waals surface area contributed by atoms with Gasteiger partial charge < -0.3 is 9.64 Å². The number of hydrogen-bond donors (Lipinski definition) is 0. The van der Waals surface area contributed by atoms with E-state index in [0.717, 1.165) is 11.1 Å². The lowest BCUT2D eigenvalue weighted by Gasteiger charge is -2.19. The summed E-state index contributed by atoms with van der Waals surface area (Å²) in [5, 5.41) is 3.67. The summed E-state index contributed by atoms with van der Waals surface area (Å²) in [7, 11) is 3.35. The fraction of sp³-hybridized carbons (Fsp3) is 0.545. The monoisotopic (exact) mass is 261 g/mol. The first-order valence-electron chi connectivity index (χ1n) is 4.97. The normalized spacial score (nSPS) is 12.5. The van der Waals surface area contributed by atoms with Gasteiger partial charge in [-0.25, -0.2) is 0 Å². The Bertz CT molecular complexity index is 354. The number of aryl methyl sites for hydroxylation is 1. The maximum Gasteiger partial charge on any atom is 0.254 e. The first-order valence-corrected chi connectivity index (χ1v) is 6.35. The number of rotatable bonds is 5. The molecule has 0 aromatic carbocycles. The van der Waals surface area contributed by atoms with Crippen LogP contribution in [0, 0.1) is 6.92 Å². The van der Waals surface area contributed by atoms with Gasteiger partial charge in [-0.1, -0.05) is 0 Å². The molecular formula is C11H16ClNO2S. The fourth-order valence-electron chi connectivity index (χ4n) is 1.40. The Morgan fingerprint density at radius 1 is 1.62 bits per heavy atom. The fourth-order valence-corrected chi connectivity index (χ4v) is 2.55. The van der Waals surface area contributed by atoms with Crippen molar-refractivity contribution < 1.29 is 9.53 Å². The zero-order valence-electron chi connectivity index (χ0n) is 9.70. The van der Waals surface area contributed by atoms with Gasteiger partial charge in [-0.2, -0.15) is 11.3 Å². The predicted octanol–water partition coefficient (Wildman–Crippen LogP) is 2.38. The van der Waals surface area contributed by atoms with E-state index in [1.807, 2.05) is 17.7 Å². The van der Waals surface area contributed by atoms with Gasteiger partial charge in [0.2, 0.25) is 0 Å². The number of halogens is 1. The Balaban J connectivity index is 2.58. The Morgan fingerprint density at radius 2 is 2.31 bits per heavy atom. The molecule has 0 aliphatic carbocycles. The Morgan fingerprint density at radius 3 is 2.81 bits per heavy atom. The second kappa shape index (κ2) is 6.23. The van der Waals surface area contributed by atoms with Crippen molar-refractivity contribution in [2.75, 3.05) is 27.3 Å². The highest BCUT2D eigenvalue weighted by atomic mass is 35.5. The molecule has 0 saturated heterocycles. The predicted molar refractivity (Wildman–Crippen MR) is 67.5 cm³/mol. The maximum atomic E-state index is 12.0. The van der Waals surface area contributed by atoms with E-state index >= 15 is 0 Å². The number of carbonyl (C=O) groups excluding carboxylic acids is 1. The summed E-state index contributed by atoms with van der Waals surface area (Å²) in [4.78, 5) is 13.6. The summed E-state index contributed by atoms with van der Waals surface area (Å²) in [6, 6.07) is 0. The van der Waals surface area contributed by atoms with Gasteiger partial charge in [0, 0.05) is 26.1 Å². The van der Waals surface area contributed by atoms with E-state index in [1.165, 1.54) is 11.3 Å². The van der Waals surface area contributed by atoms with Crippen molar-refractivity contribution >= 4 is 28.8 Å². The van der Waals surface area contributed by atoms with Crippen LogP contribution in [0.2, 0.25) is 0 Å². The van der Waals surface area contributed by atoms with Crippen molar-refractivity contribution in [2.45, 2.75) is 12.3 Å². The van der Waals surface area contributed by atoms with Crippen LogP contribution in [0.1, 0.15) is 15.9 Å². The maximum absolute atomic E-state index is 12.0. The largest absolute Gasteiger partial charge is 0.383 e. The molecule has 1 rings (SSSR count). The van der Waals surface area contributed by atoms with Gasteiger partial charge in [-0.3, -0.25) is 4.79 Å². The molecule has 0 fully saturated rings. The number of nitrogens with zero attached hydrogens (tertiary/aromatic N) is 1. The summed E-state index contributed by atoms with van der Waals surface area (Å²) in [6.45, 7) is 2.87. The number of amides is 1. The van der Waals surface area contributed by atoms with Gasteiger partial charge in [0.05, 0.1) is 17.5 Å². The highest BCUT2D eigenvalue weighted by Gasteiger charge is 2.17. The van der Waals surface area contributed by atoms with Crippen LogP contribution in [0.15, 0.2) is 10.8 Å². The molecule has 0 N–H and O–H groups in total. The molecule has 0 aliphatic heterocycles. The van der Waals surface area contributed by atoms with Crippen LogP contribution in [0.5, 0.6) is 0 Å². The van der Waals surface area contributed by atoms with E-state index in [0.29, 0.717) is 13.2 Å². The van der Waals surface area contributed by atoms with Crippen molar-refractivity contribution in [2.24, 2.45) is 0 Å². The van der Waals surface area contributed by atoms with Crippen molar-refractivity contribution in [3.63, 3.8) is 0 Å². The average molecular weight is 262 g/mol. The number of ether oxygens (including phenoxy) is 1. The molecule has 1 aromatic heterocycles. The standard InChI is InChI=1S/C11H16ClNO2S/c1-8-6-16-7-10(8)11(14)13(2)4-9(12)5-15-3/h6-7,9H,4-5H2,1-3H3. The lowest BCUT2D eigenvalue weighted by atomic mass is 10.2. The molecule has 1 aromatic rings. The Kier molecular flexibility index (Phi) is 5.25. The van der Waals surface area contributed by atoms with Gasteiger partial charge in [0.25, 0.3) is 5.91 Å². The average Bonchev–Trinajstić information content (AvgIpc) is 2.63. The lowest BCUT2D eigenvalue weighted by molar-refractivity contribution is 0.0781. The van der Waals surface area contributed by atoms with Crippen LogP contribution in [0.25, 0.3) is 0 Å². The van der Waals surface area contributed by atoms with Crippen molar-refractivity contribution in [1.29, 1.82) is 0 Å². The summed E-state index contributed by atoms with van der Waals surface area (Å²) < 4.78 is 4.93. The topological polar surface area (TPSA) is 29.5 Å². The molecule has 1 unspecified atom stereocenters. The summed E-state index contributed by atoms with van der Waals surface area (Å²) >= 11 is 7.54. The van der Waals surface area contributed by atoms with E-state index < -0.39 is 0 Å². The zero-order chi connectivity index (χ0) is 12.1. The molecule has 5 heteroatoms. The molecule has 3 nitrogen and oxygen atoms in total. The molecular weight excluding hydrogens is 246 g/mol. The van der Waals surface area contributed by atoms with E-state index in [2.05, 4.69) is 0 Å². The van der Waals surface area contributed by atoms with Crippen LogP contribution in [0.4, 0.5) is 0 Å². The third-order valence-electron chi connectivity index (χ3n) is 2.25. The smallest absolute Gasteiger partial charge is 0.254 e. The summed E-state index contributed by atoms with van der Waals surface area (Å²) in [5.74, 6) is 0.0144. The molecule has 0 spiro atoms. The molecule has 1 amide bonds. The number of carbonyl (C=O) groups is 1. The molecule has 1 atom stereocenters. The van der Waals surface area contributed by atoms with Gasteiger partial charge in [0.15, 0.2) is 0 Å². The van der Waals surface area contributed by atoms with Crippen LogP contribution in [-0.4, -0.2) is 43.5 Å². The minimum atomic E-state index is -0.169. The van der Waals surface area contributed by atoms with Crippen molar-refractivity contribution in [3.05, 3.63) is 21.9 Å². The number of alkyl halides is 1. The number of thiophene rings is 1. The molecule has 0 bridgehead atoms. The van der Waals surface area contributed by atoms with Crippen LogP contribution >= 0.6 is 22.9 Å². The second-order valence-corrected chi connectivity index (χ2v) is 5.07. The van der Waals surface area contributed by atoms with Gasteiger partial charge in [-0.05, 0) is 17.9 Å². The molecule has 0 radical (unpaired) electrons. The van der Waals surface area contributed by atoms with E-state index in [-0.39, 0.29) is 11.3 Å². The van der Waals surface area contributed by atoms with Gasteiger partial charge in [-0.15, -0.1) is 11.6 Å². The molecule has 0 saturated carbocycles. The second-order valence-electron chi connectivity index (χ2n) is 3.71. The minimum Gasteiger partial charge on any atom is -0.383 e. The third kappa shape index (κ3) is 3.47. The highest BCUT2D eigenvalue weighted by molar-refractivity contribution is 7.08. The highest BCUT2D eigenvalue weighted by Crippen LogP contribution is 2.16. The SMILES string of the molecule is COCC(Cl)CN(C)C(=O)c1cscc1C. The third-order valence-corrected chi connectivity index (χ3v) is 3.38. The quantitative estimate of drug-likeness (QED) is 0.762. The molecule has 16 heavy (non-hydrogen) atoms. The van der Waals surface area contributed by atoms with Gasteiger partial charge >= 0.3 is 0 Å². The van der Waals surface area contributed by atoms with Crippen molar-refractivity contribution in [3.8, 4) is 0 Å². The first-order chi connectivity index (χ1) is 7.56. The summed E-state index contributed by atoms with van der Waals surface area (Å²) in [5.41, 5.74) is 1.77. The molecule has 0 aliphatic rings. The number of hydrogen-bond acceptors (Lipinski definition) is 3. The van der Waals surface area contributed by atoms with E-state index in [9.17, 15) is 4.79 Å². The first kappa shape index (κ1) is 13.5. The minimum absolute atomic E-state index is 0.0144. The molecule has 1 heterocycles. The van der Waals surface area contributed by atoms with Gasteiger partial charge in [0.1, 0.15) is 0 Å². The van der Waals surface area contributed by atoms with Crippen LogP contribution < -0.4 is 0 Å². The zero-order valence-corrected chi connectivity index (χ0v) is 11.3. The van der Waals surface area contributed by atoms with E-state index in [1.54, 1.807) is 19.1 Å². The lowest BCUT2D eigenvalue weighted by Crippen LogP contribution is -2.34. The van der Waals surface area contributed by atoms with Crippen molar-refractivity contribution in [1.82, 2.24) is 4.90 Å². The van der Waals surface area contributed by atoms with E-state index in [4.69, 9.17) is 16.3 Å². The number of methoxy groups -OCH3 is 1. The van der Waals surface area contributed by atoms with Crippen LogP contribution in [0.3, 0.4) is 0 Å². The Hall–Kier alpha value is -0.580. The summed E-state index contributed by atoms with van der Waals surface area (Å²) in [6.07, 6.45) is 0. The Labute approximate surface area is 105 Å².